The molecule has 4 nitrogen and oxygen atoms in total. The highest BCUT2D eigenvalue weighted by molar-refractivity contribution is 5.95. The van der Waals surface area contributed by atoms with Crippen molar-refractivity contribution in [1.29, 1.82) is 0 Å². The Morgan fingerprint density at radius 3 is 2.77 bits per heavy atom. The molecule has 1 aliphatic carbocycles. The number of aryl methyl sites for hydroxylation is 1. The first-order chi connectivity index (χ1) is 12.1. The van der Waals surface area contributed by atoms with Gasteiger partial charge in [-0.3, -0.25) is 9.48 Å². The van der Waals surface area contributed by atoms with Crippen LogP contribution in [-0.2, 0) is 19.0 Å². The first-order valence-electron chi connectivity index (χ1n) is 8.53. The summed E-state index contributed by atoms with van der Waals surface area (Å²) in [6.07, 6.45) is -0.729. The Kier molecular flexibility index (Phi) is 4.58. The molecule has 0 spiro atoms. The van der Waals surface area contributed by atoms with Gasteiger partial charge in [0.1, 0.15) is 11.5 Å². The topological polar surface area (TPSA) is 46.9 Å². The molecule has 0 bridgehead atoms. The maximum absolute atomic E-state index is 14.4. The molecule has 26 heavy (non-hydrogen) atoms. The number of aromatic nitrogens is 2. The van der Waals surface area contributed by atoms with E-state index in [-0.39, 0.29) is 29.3 Å². The van der Waals surface area contributed by atoms with E-state index in [2.05, 4.69) is 10.4 Å². The number of carbonyl (C=O) groups is 1. The minimum atomic E-state index is -2.83. The van der Waals surface area contributed by atoms with Crippen molar-refractivity contribution in [1.82, 2.24) is 15.1 Å². The monoisotopic (exact) mass is 365 g/mol. The third-order valence-corrected chi connectivity index (χ3v) is 5.02. The van der Waals surface area contributed by atoms with Gasteiger partial charge < -0.3 is 5.32 Å². The summed E-state index contributed by atoms with van der Waals surface area (Å²) in [6, 6.07) is 3.07. The van der Waals surface area contributed by atoms with Gasteiger partial charge in [-0.05, 0) is 40.5 Å². The molecule has 7 heteroatoms. The van der Waals surface area contributed by atoms with Crippen LogP contribution in [0.4, 0.5) is 13.2 Å². The molecule has 0 aliphatic heterocycles. The molecule has 2 aromatic rings. The van der Waals surface area contributed by atoms with Crippen molar-refractivity contribution in [2.75, 3.05) is 0 Å². The molecule has 1 heterocycles. The van der Waals surface area contributed by atoms with Crippen LogP contribution in [0.1, 0.15) is 72.3 Å². The van der Waals surface area contributed by atoms with Crippen LogP contribution in [0.25, 0.3) is 0 Å². The molecular weight excluding hydrogens is 343 g/mol. The van der Waals surface area contributed by atoms with Crippen LogP contribution in [0.2, 0.25) is 0 Å². The Morgan fingerprint density at radius 2 is 2.12 bits per heavy atom. The van der Waals surface area contributed by atoms with Gasteiger partial charge in [-0.2, -0.15) is 5.10 Å². The van der Waals surface area contributed by atoms with Crippen LogP contribution in [0, 0.1) is 5.82 Å². The quantitative estimate of drug-likeness (QED) is 0.882. The number of halogens is 3. The zero-order chi connectivity index (χ0) is 19.2. The van der Waals surface area contributed by atoms with Gasteiger partial charge in [0.05, 0.1) is 5.56 Å². The smallest absolute Gasteiger partial charge is 0.282 e. The minimum absolute atomic E-state index is 0.144. The average molecular weight is 365 g/mol. The van der Waals surface area contributed by atoms with Crippen molar-refractivity contribution in [3.05, 3.63) is 52.1 Å². The summed E-state index contributed by atoms with van der Waals surface area (Å²) in [5.74, 6) is -0.689. The van der Waals surface area contributed by atoms with E-state index < -0.39 is 18.0 Å². The van der Waals surface area contributed by atoms with Crippen LogP contribution in [-0.4, -0.2) is 15.7 Å². The fraction of sp³-hybridized carbons (Fsp3) is 0.474. The lowest BCUT2D eigenvalue weighted by molar-refractivity contribution is 0.0936. The standard InChI is InChI=1S/C19H22F3N3O/c1-10-7-19(2,3)15-13(20)6-5-11(14(10)15)8-23-18(26)12-9-25(4)24-16(12)17(21)22/h5-6,9-10,17H,7-8H2,1-4H3,(H,23,26). The van der Waals surface area contributed by atoms with E-state index in [4.69, 9.17) is 0 Å². The first-order valence-corrected chi connectivity index (χ1v) is 8.53. The van der Waals surface area contributed by atoms with E-state index in [9.17, 15) is 18.0 Å². The van der Waals surface area contributed by atoms with Crippen molar-refractivity contribution >= 4 is 5.91 Å². The summed E-state index contributed by atoms with van der Waals surface area (Å²) >= 11 is 0. The molecule has 140 valence electrons. The highest BCUT2D eigenvalue weighted by Crippen LogP contribution is 2.48. The number of carbonyl (C=O) groups excluding carboxylic acids is 1. The largest absolute Gasteiger partial charge is 0.348 e. The Labute approximate surface area is 150 Å². The van der Waals surface area contributed by atoms with E-state index >= 15 is 0 Å². The molecule has 0 fully saturated rings. The third kappa shape index (κ3) is 3.10. The highest BCUT2D eigenvalue weighted by atomic mass is 19.3. The Morgan fingerprint density at radius 1 is 1.42 bits per heavy atom. The van der Waals surface area contributed by atoms with Gasteiger partial charge in [0, 0.05) is 19.8 Å². The van der Waals surface area contributed by atoms with Gasteiger partial charge in [0.2, 0.25) is 0 Å². The molecule has 1 amide bonds. The van der Waals surface area contributed by atoms with E-state index in [1.165, 1.54) is 24.0 Å². The Bertz CT molecular complexity index is 858. The summed E-state index contributed by atoms with van der Waals surface area (Å²) in [6.45, 7) is 6.20. The Hall–Kier alpha value is -2.31. The van der Waals surface area contributed by atoms with Gasteiger partial charge in [-0.1, -0.05) is 26.8 Å². The fourth-order valence-corrected chi connectivity index (χ4v) is 4.12. The van der Waals surface area contributed by atoms with Gasteiger partial charge >= 0.3 is 0 Å². The van der Waals surface area contributed by atoms with Crippen molar-refractivity contribution in [2.45, 2.75) is 51.5 Å². The maximum atomic E-state index is 14.4. The molecule has 0 saturated heterocycles. The lowest BCUT2D eigenvalue weighted by atomic mass is 9.85. The zero-order valence-corrected chi connectivity index (χ0v) is 15.2. The number of hydrogen-bond donors (Lipinski definition) is 1. The average Bonchev–Trinajstić information content (AvgIpc) is 3.04. The van der Waals surface area contributed by atoms with Crippen molar-refractivity contribution in [3.8, 4) is 0 Å². The molecule has 1 aliphatic rings. The predicted octanol–water partition coefficient (Wildman–Crippen LogP) is 4.21. The van der Waals surface area contributed by atoms with E-state index in [0.29, 0.717) is 5.56 Å². The number of benzene rings is 1. The van der Waals surface area contributed by atoms with Crippen molar-refractivity contribution in [3.63, 3.8) is 0 Å². The number of alkyl halides is 2. The third-order valence-electron chi connectivity index (χ3n) is 5.02. The molecule has 1 N–H and O–H groups in total. The summed E-state index contributed by atoms with van der Waals surface area (Å²) in [5, 5.41) is 6.32. The minimum Gasteiger partial charge on any atom is -0.348 e. The molecule has 1 atom stereocenters. The van der Waals surface area contributed by atoms with Gasteiger partial charge in [-0.25, -0.2) is 13.2 Å². The van der Waals surface area contributed by atoms with E-state index in [1.807, 2.05) is 20.8 Å². The van der Waals surface area contributed by atoms with Crippen LogP contribution in [0.3, 0.4) is 0 Å². The molecule has 0 saturated carbocycles. The van der Waals surface area contributed by atoms with Gasteiger partial charge in [-0.15, -0.1) is 0 Å². The first kappa shape index (κ1) is 18.5. The normalized spacial score (nSPS) is 18.2. The van der Waals surface area contributed by atoms with Crippen molar-refractivity contribution in [2.24, 2.45) is 7.05 Å². The predicted molar refractivity (Wildman–Crippen MR) is 91.8 cm³/mol. The summed E-state index contributed by atoms with van der Waals surface area (Å²) < 4.78 is 41.6. The number of amides is 1. The van der Waals surface area contributed by atoms with Crippen LogP contribution >= 0.6 is 0 Å². The summed E-state index contributed by atoms with van der Waals surface area (Å²) in [5.41, 5.74) is 1.46. The molecule has 1 unspecified atom stereocenters. The second-order valence-corrected chi connectivity index (χ2v) is 7.57. The second-order valence-electron chi connectivity index (χ2n) is 7.57. The number of hydrogen-bond acceptors (Lipinski definition) is 2. The molecular formula is C19H22F3N3O. The number of nitrogens with one attached hydrogen (secondary N) is 1. The fourth-order valence-electron chi connectivity index (χ4n) is 4.12. The summed E-state index contributed by atoms with van der Waals surface area (Å²) in [7, 11) is 1.49. The SMILES string of the molecule is CC1CC(C)(C)c2c(F)ccc(CNC(=O)c3cn(C)nc3C(F)F)c21. The lowest BCUT2D eigenvalue weighted by Gasteiger charge is -2.20. The maximum Gasteiger partial charge on any atom is 0.282 e. The second kappa shape index (κ2) is 6.45. The van der Waals surface area contributed by atoms with Gasteiger partial charge in [0.15, 0.2) is 0 Å². The summed E-state index contributed by atoms with van der Waals surface area (Å²) in [4.78, 5) is 12.4. The Balaban J connectivity index is 1.86. The van der Waals surface area contributed by atoms with Crippen LogP contribution in [0.15, 0.2) is 18.3 Å². The lowest BCUT2D eigenvalue weighted by Crippen LogP contribution is -2.24. The number of nitrogens with zero attached hydrogens (tertiary/aromatic N) is 2. The molecule has 0 radical (unpaired) electrons. The number of rotatable bonds is 4. The van der Waals surface area contributed by atoms with Crippen LogP contribution < -0.4 is 5.32 Å². The molecule has 3 rings (SSSR count). The van der Waals surface area contributed by atoms with E-state index in [0.717, 1.165) is 17.5 Å². The highest BCUT2D eigenvalue weighted by Gasteiger charge is 2.38. The van der Waals surface area contributed by atoms with Crippen molar-refractivity contribution < 1.29 is 18.0 Å². The van der Waals surface area contributed by atoms with Gasteiger partial charge in [0.25, 0.3) is 12.3 Å². The van der Waals surface area contributed by atoms with E-state index in [1.54, 1.807) is 6.07 Å². The molecule has 1 aromatic heterocycles. The number of fused-ring (bicyclic) bond motifs is 1. The zero-order valence-electron chi connectivity index (χ0n) is 15.2. The van der Waals surface area contributed by atoms with Crippen LogP contribution in [0.5, 0.6) is 0 Å². The molecule has 1 aromatic carbocycles.